The molecule has 0 heterocycles. The van der Waals surface area contributed by atoms with Crippen molar-refractivity contribution in [1.29, 1.82) is 0 Å². The lowest BCUT2D eigenvalue weighted by molar-refractivity contribution is -0.124. The van der Waals surface area contributed by atoms with Crippen LogP contribution in [0.25, 0.3) is 0 Å². The fourth-order valence-electron chi connectivity index (χ4n) is 1.49. The van der Waals surface area contributed by atoms with Gasteiger partial charge in [-0.2, -0.15) is 0 Å². The van der Waals surface area contributed by atoms with Crippen molar-refractivity contribution in [3.8, 4) is 5.75 Å². The summed E-state index contributed by atoms with van der Waals surface area (Å²) in [5.74, 6) is 0.0683. The van der Waals surface area contributed by atoms with Crippen LogP contribution in [0.1, 0.15) is 32.8 Å². The van der Waals surface area contributed by atoms with Crippen LogP contribution < -0.4 is 11.1 Å². The van der Waals surface area contributed by atoms with Crippen molar-refractivity contribution in [1.82, 2.24) is 5.32 Å². The number of hydrogen-bond donors (Lipinski definition) is 3. The van der Waals surface area contributed by atoms with Crippen LogP contribution in [0.15, 0.2) is 24.3 Å². The molecule has 100 valence electrons. The first-order chi connectivity index (χ1) is 8.34. The molecule has 4 nitrogen and oxygen atoms in total. The van der Waals surface area contributed by atoms with Crippen molar-refractivity contribution in [3.63, 3.8) is 0 Å². The first-order valence-electron chi connectivity index (χ1n) is 6.19. The van der Waals surface area contributed by atoms with Crippen molar-refractivity contribution in [3.05, 3.63) is 29.8 Å². The molecule has 0 radical (unpaired) electrons. The lowest BCUT2D eigenvalue weighted by atomic mass is 10.00. The van der Waals surface area contributed by atoms with E-state index in [9.17, 15) is 9.90 Å². The number of aromatic hydroxyl groups is 1. The van der Waals surface area contributed by atoms with Gasteiger partial charge in [0.15, 0.2) is 0 Å². The highest BCUT2D eigenvalue weighted by atomic mass is 16.3. The highest BCUT2D eigenvalue weighted by Gasteiger charge is 2.22. The molecule has 0 aliphatic rings. The first kappa shape index (κ1) is 14.5. The number of hydrogen-bond acceptors (Lipinski definition) is 3. The Bertz CT molecular complexity index is 399. The summed E-state index contributed by atoms with van der Waals surface area (Å²) in [6.07, 6.45) is 1.32. The highest BCUT2D eigenvalue weighted by molar-refractivity contribution is 5.82. The molecule has 0 saturated carbocycles. The second-order valence-electron chi connectivity index (χ2n) is 5.20. The van der Waals surface area contributed by atoms with E-state index in [2.05, 4.69) is 5.32 Å². The van der Waals surface area contributed by atoms with Gasteiger partial charge in [0.05, 0.1) is 6.04 Å². The smallest absolute Gasteiger partial charge is 0.237 e. The number of nitrogens with two attached hydrogens (primary N) is 1. The number of benzene rings is 1. The zero-order valence-corrected chi connectivity index (χ0v) is 11.2. The highest BCUT2D eigenvalue weighted by Crippen LogP contribution is 2.12. The van der Waals surface area contributed by atoms with Crippen LogP contribution in [0.5, 0.6) is 5.75 Å². The second kappa shape index (κ2) is 5.87. The average molecular weight is 250 g/mol. The number of nitrogens with one attached hydrogen (secondary N) is 1. The van der Waals surface area contributed by atoms with Crippen molar-refractivity contribution in [2.24, 2.45) is 5.73 Å². The Morgan fingerprint density at radius 2 is 1.94 bits per heavy atom. The van der Waals surface area contributed by atoms with Gasteiger partial charge in [0.2, 0.25) is 5.91 Å². The number of rotatable bonds is 5. The molecule has 0 saturated heterocycles. The molecule has 0 aliphatic heterocycles. The van der Waals surface area contributed by atoms with E-state index in [1.54, 1.807) is 24.3 Å². The summed E-state index contributed by atoms with van der Waals surface area (Å²) in [5, 5.41) is 12.1. The van der Waals surface area contributed by atoms with Gasteiger partial charge in [-0.25, -0.2) is 0 Å². The SMILES string of the molecule is CCC(C)(C)NC(=O)C(N)Cc1ccc(O)cc1. The van der Waals surface area contributed by atoms with Gasteiger partial charge in [0.25, 0.3) is 0 Å². The van der Waals surface area contributed by atoms with E-state index in [1.807, 2.05) is 20.8 Å². The van der Waals surface area contributed by atoms with Crippen molar-refractivity contribution in [2.45, 2.75) is 45.2 Å². The Balaban J connectivity index is 2.57. The minimum Gasteiger partial charge on any atom is -0.508 e. The third kappa shape index (κ3) is 4.37. The maximum atomic E-state index is 11.9. The van der Waals surface area contributed by atoms with E-state index in [0.29, 0.717) is 6.42 Å². The van der Waals surface area contributed by atoms with Gasteiger partial charge in [0, 0.05) is 5.54 Å². The van der Waals surface area contributed by atoms with Crippen LogP contribution in [0, 0.1) is 0 Å². The van der Waals surface area contributed by atoms with Crippen molar-refractivity contribution >= 4 is 5.91 Å². The van der Waals surface area contributed by atoms with Gasteiger partial charge in [-0.3, -0.25) is 4.79 Å². The summed E-state index contributed by atoms with van der Waals surface area (Å²) >= 11 is 0. The number of carbonyl (C=O) groups is 1. The lowest BCUT2D eigenvalue weighted by Crippen LogP contribution is -2.50. The summed E-state index contributed by atoms with van der Waals surface area (Å²) < 4.78 is 0. The fourth-order valence-corrected chi connectivity index (χ4v) is 1.49. The van der Waals surface area contributed by atoms with Crippen LogP contribution in [0.4, 0.5) is 0 Å². The summed E-state index contributed by atoms with van der Waals surface area (Å²) in [6.45, 7) is 5.96. The Morgan fingerprint density at radius 3 is 2.44 bits per heavy atom. The summed E-state index contributed by atoms with van der Waals surface area (Å²) in [4.78, 5) is 11.9. The summed E-state index contributed by atoms with van der Waals surface area (Å²) in [6, 6.07) is 6.16. The minimum absolute atomic E-state index is 0.144. The van der Waals surface area contributed by atoms with Crippen LogP contribution in [-0.2, 0) is 11.2 Å². The topological polar surface area (TPSA) is 75.4 Å². The molecule has 1 rings (SSSR count). The Kier molecular flexibility index (Phi) is 4.73. The monoisotopic (exact) mass is 250 g/mol. The maximum Gasteiger partial charge on any atom is 0.237 e. The zero-order chi connectivity index (χ0) is 13.8. The molecule has 1 unspecified atom stereocenters. The molecule has 0 bridgehead atoms. The summed E-state index contributed by atoms with van der Waals surface area (Å²) in [5.41, 5.74) is 6.58. The number of carbonyl (C=O) groups excluding carboxylic acids is 1. The van der Waals surface area contributed by atoms with Crippen LogP contribution in [-0.4, -0.2) is 22.6 Å². The Morgan fingerprint density at radius 1 is 1.39 bits per heavy atom. The van der Waals surface area contributed by atoms with E-state index in [-0.39, 0.29) is 17.2 Å². The van der Waals surface area contributed by atoms with Gasteiger partial charge in [-0.1, -0.05) is 19.1 Å². The molecule has 0 aromatic heterocycles. The molecule has 0 aliphatic carbocycles. The molecule has 18 heavy (non-hydrogen) atoms. The van der Waals surface area contributed by atoms with Crippen LogP contribution in [0.2, 0.25) is 0 Å². The van der Waals surface area contributed by atoms with Gasteiger partial charge < -0.3 is 16.2 Å². The van der Waals surface area contributed by atoms with E-state index in [0.717, 1.165) is 12.0 Å². The third-order valence-corrected chi connectivity index (χ3v) is 3.07. The molecular formula is C14H22N2O2. The quantitative estimate of drug-likeness (QED) is 0.742. The molecular weight excluding hydrogens is 228 g/mol. The number of amides is 1. The van der Waals surface area contributed by atoms with Crippen molar-refractivity contribution < 1.29 is 9.90 Å². The van der Waals surface area contributed by atoms with E-state index in [4.69, 9.17) is 5.73 Å². The number of phenols is 1. The lowest BCUT2D eigenvalue weighted by Gasteiger charge is -2.26. The van der Waals surface area contributed by atoms with E-state index in [1.165, 1.54) is 0 Å². The zero-order valence-electron chi connectivity index (χ0n) is 11.2. The fraction of sp³-hybridized carbons (Fsp3) is 0.500. The largest absolute Gasteiger partial charge is 0.508 e. The summed E-state index contributed by atoms with van der Waals surface area (Å²) in [7, 11) is 0. The molecule has 1 aromatic rings. The predicted octanol–water partition coefficient (Wildman–Crippen LogP) is 1.57. The molecule has 0 fully saturated rings. The van der Waals surface area contributed by atoms with Crippen molar-refractivity contribution in [2.75, 3.05) is 0 Å². The van der Waals surface area contributed by atoms with Crippen LogP contribution in [0.3, 0.4) is 0 Å². The van der Waals surface area contributed by atoms with Gasteiger partial charge in [-0.05, 0) is 44.4 Å². The van der Waals surface area contributed by atoms with Gasteiger partial charge in [-0.15, -0.1) is 0 Å². The molecule has 1 amide bonds. The predicted molar refractivity (Wildman–Crippen MR) is 72.3 cm³/mol. The molecule has 1 atom stereocenters. The molecule has 4 heteroatoms. The average Bonchev–Trinajstić information content (AvgIpc) is 2.31. The minimum atomic E-state index is -0.569. The van der Waals surface area contributed by atoms with Gasteiger partial charge >= 0.3 is 0 Å². The Hall–Kier alpha value is -1.55. The Labute approximate surface area is 108 Å². The molecule has 4 N–H and O–H groups in total. The van der Waals surface area contributed by atoms with E-state index < -0.39 is 6.04 Å². The first-order valence-corrected chi connectivity index (χ1v) is 6.19. The standard InChI is InChI=1S/C14H22N2O2/c1-4-14(2,3)16-13(18)12(15)9-10-5-7-11(17)8-6-10/h5-8,12,17H,4,9,15H2,1-3H3,(H,16,18). The maximum absolute atomic E-state index is 11.9. The normalized spacial score (nSPS) is 13.1. The third-order valence-electron chi connectivity index (χ3n) is 3.07. The molecule has 1 aromatic carbocycles. The van der Waals surface area contributed by atoms with E-state index >= 15 is 0 Å². The van der Waals surface area contributed by atoms with Gasteiger partial charge in [0.1, 0.15) is 5.75 Å². The van der Waals surface area contributed by atoms with Crippen LogP contribution >= 0.6 is 0 Å². The molecule has 0 spiro atoms. The number of phenolic OH excluding ortho intramolecular Hbond substituents is 1. The second-order valence-corrected chi connectivity index (χ2v) is 5.20.